The van der Waals surface area contributed by atoms with Crippen LogP contribution < -0.4 is 16.0 Å². The molecule has 0 radical (unpaired) electrons. The number of carbonyl (C=O) groups excluding carboxylic acids is 1. The minimum Gasteiger partial charge on any atom is -0.367 e. The number of para-hydroxylation sites is 1. The predicted octanol–water partition coefficient (Wildman–Crippen LogP) is 3.37. The Labute approximate surface area is 172 Å². The fraction of sp³-hybridized carbons (Fsp3) is 0.381. The molecule has 27 heavy (non-hydrogen) atoms. The zero-order chi connectivity index (χ0) is 18.4. The Kier molecular flexibility index (Phi) is 8.48. The maximum Gasteiger partial charge on any atom is 0.237 e. The Hall–Kier alpha value is -1.69. The molecule has 1 atom stereocenters. The summed E-state index contributed by atoms with van der Waals surface area (Å²) in [5.74, 6) is 0.833. The van der Waals surface area contributed by atoms with Crippen LogP contribution in [0.2, 0.25) is 0 Å². The molecule has 0 aromatic heterocycles. The molecule has 2 aromatic rings. The van der Waals surface area contributed by atoms with Crippen molar-refractivity contribution in [2.24, 2.45) is 5.73 Å². The van der Waals surface area contributed by atoms with Crippen LogP contribution in [0.3, 0.4) is 0 Å². The van der Waals surface area contributed by atoms with Gasteiger partial charge in [0.1, 0.15) is 0 Å². The van der Waals surface area contributed by atoms with Crippen LogP contribution in [-0.2, 0) is 24.3 Å². The molecule has 2 aromatic carbocycles. The van der Waals surface area contributed by atoms with Crippen molar-refractivity contribution in [3.8, 4) is 0 Å². The third kappa shape index (κ3) is 5.89. The van der Waals surface area contributed by atoms with Gasteiger partial charge in [0.2, 0.25) is 5.91 Å². The van der Waals surface area contributed by atoms with Crippen molar-refractivity contribution in [2.45, 2.75) is 32.0 Å². The number of carbonyl (C=O) groups is 1. The second kappa shape index (κ2) is 10.6. The Balaban J connectivity index is 0.00000261. The summed E-state index contributed by atoms with van der Waals surface area (Å²) in [5.41, 5.74) is 11.1. The second-order valence-corrected chi connectivity index (χ2v) is 7.71. The number of thioether (sulfide) groups is 1. The lowest BCUT2D eigenvalue weighted by Crippen LogP contribution is -2.40. The molecule has 1 heterocycles. The van der Waals surface area contributed by atoms with Crippen LogP contribution in [-0.4, -0.2) is 30.5 Å². The van der Waals surface area contributed by atoms with Crippen LogP contribution in [0.1, 0.15) is 23.1 Å². The Morgan fingerprint density at radius 1 is 1.19 bits per heavy atom. The molecular weight excluding hydrogens is 378 g/mol. The summed E-state index contributed by atoms with van der Waals surface area (Å²) in [6, 6.07) is 16.7. The Morgan fingerprint density at radius 2 is 1.89 bits per heavy atom. The van der Waals surface area contributed by atoms with Gasteiger partial charge in [-0.2, -0.15) is 11.8 Å². The van der Waals surface area contributed by atoms with E-state index in [1.807, 2.05) is 6.26 Å². The van der Waals surface area contributed by atoms with Crippen molar-refractivity contribution >= 4 is 35.8 Å². The van der Waals surface area contributed by atoms with Crippen LogP contribution in [0.4, 0.5) is 5.69 Å². The number of nitrogens with two attached hydrogens (primary N) is 1. The van der Waals surface area contributed by atoms with E-state index in [-0.39, 0.29) is 18.3 Å². The summed E-state index contributed by atoms with van der Waals surface area (Å²) < 4.78 is 0. The first kappa shape index (κ1) is 21.6. The standard InChI is InChI=1S/C21H27N3OS.ClH/c1-26-13-11-19(22)21(25)23-14-16-6-8-17(9-7-16)15-24-12-10-18-4-2-3-5-20(18)24;/h2-9,19H,10-15,22H2,1H3,(H,23,25);1H. The summed E-state index contributed by atoms with van der Waals surface area (Å²) in [6.45, 7) is 2.52. The molecule has 1 amide bonds. The number of hydrogen-bond donors (Lipinski definition) is 2. The molecule has 3 N–H and O–H groups in total. The Morgan fingerprint density at radius 3 is 2.63 bits per heavy atom. The fourth-order valence-electron chi connectivity index (χ4n) is 3.25. The lowest BCUT2D eigenvalue weighted by atomic mass is 10.1. The highest BCUT2D eigenvalue weighted by Gasteiger charge is 2.18. The van der Waals surface area contributed by atoms with Crippen molar-refractivity contribution in [2.75, 3.05) is 23.5 Å². The highest BCUT2D eigenvalue weighted by atomic mass is 35.5. The van der Waals surface area contributed by atoms with E-state index in [1.54, 1.807) is 11.8 Å². The first-order chi connectivity index (χ1) is 12.7. The molecule has 0 spiro atoms. The number of nitrogens with one attached hydrogen (secondary N) is 1. The molecule has 0 fully saturated rings. The first-order valence-electron chi connectivity index (χ1n) is 9.10. The summed E-state index contributed by atoms with van der Waals surface area (Å²) in [7, 11) is 0. The number of nitrogens with zero attached hydrogens (tertiary/aromatic N) is 1. The molecule has 1 unspecified atom stereocenters. The average molecular weight is 406 g/mol. The van der Waals surface area contributed by atoms with E-state index in [0.29, 0.717) is 13.0 Å². The van der Waals surface area contributed by atoms with Gasteiger partial charge >= 0.3 is 0 Å². The third-order valence-electron chi connectivity index (χ3n) is 4.82. The smallest absolute Gasteiger partial charge is 0.237 e. The molecule has 1 aliphatic heterocycles. The van der Waals surface area contributed by atoms with Crippen molar-refractivity contribution < 1.29 is 4.79 Å². The van der Waals surface area contributed by atoms with E-state index in [9.17, 15) is 4.79 Å². The highest BCUT2D eigenvalue weighted by molar-refractivity contribution is 7.98. The van der Waals surface area contributed by atoms with E-state index >= 15 is 0 Å². The molecule has 0 bridgehead atoms. The number of halogens is 1. The molecule has 3 rings (SSSR count). The third-order valence-corrected chi connectivity index (χ3v) is 5.46. The Bertz CT molecular complexity index is 738. The molecule has 146 valence electrons. The van der Waals surface area contributed by atoms with Gasteiger partial charge in [0.05, 0.1) is 6.04 Å². The van der Waals surface area contributed by atoms with Crippen LogP contribution in [0.5, 0.6) is 0 Å². The van der Waals surface area contributed by atoms with Crippen LogP contribution in [0.15, 0.2) is 48.5 Å². The number of amides is 1. The van der Waals surface area contributed by atoms with Gasteiger partial charge in [0, 0.05) is 25.3 Å². The van der Waals surface area contributed by atoms with Gasteiger partial charge in [-0.05, 0) is 47.6 Å². The van der Waals surface area contributed by atoms with E-state index in [1.165, 1.54) is 16.8 Å². The largest absolute Gasteiger partial charge is 0.367 e. The van der Waals surface area contributed by atoms with Gasteiger partial charge in [-0.3, -0.25) is 4.79 Å². The van der Waals surface area contributed by atoms with Gasteiger partial charge in [0.25, 0.3) is 0 Å². The first-order valence-corrected chi connectivity index (χ1v) is 10.5. The van der Waals surface area contributed by atoms with E-state index in [0.717, 1.165) is 30.8 Å². The van der Waals surface area contributed by atoms with E-state index in [4.69, 9.17) is 5.73 Å². The summed E-state index contributed by atoms with van der Waals surface area (Å²) >= 11 is 1.71. The lowest BCUT2D eigenvalue weighted by Gasteiger charge is -2.19. The lowest BCUT2D eigenvalue weighted by molar-refractivity contribution is -0.122. The van der Waals surface area contributed by atoms with Gasteiger partial charge in [-0.1, -0.05) is 42.5 Å². The summed E-state index contributed by atoms with van der Waals surface area (Å²) in [5, 5.41) is 2.93. The van der Waals surface area contributed by atoms with Crippen LogP contribution >= 0.6 is 24.2 Å². The number of rotatable bonds is 8. The molecule has 4 nitrogen and oxygen atoms in total. The average Bonchev–Trinajstić information content (AvgIpc) is 3.08. The predicted molar refractivity (Wildman–Crippen MR) is 118 cm³/mol. The number of fused-ring (bicyclic) bond motifs is 1. The monoisotopic (exact) mass is 405 g/mol. The van der Waals surface area contributed by atoms with Crippen LogP contribution in [0.25, 0.3) is 0 Å². The zero-order valence-electron chi connectivity index (χ0n) is 15.7. The zero-order valence-corrected chi connectivity index (χ0v) is 17.3. The van der Waals surface area contributed by atoms with Gasteiger partial charge in [-0.15, -0.1) is 12.4 Å². The number of hydrogen-bond acceptors (Lipinski definition) is 4. The van der Waals surface area contributed by atoms with Gasteiger partial charge < -0.3 is 16.0 Å². The van der Waals surface area contributed by atoms with E-state index in [2.05, 4.69) is 58.7 Å². The molecule has 6 heteroatoms. The molecule has 1 aliphatic rings. The van der Waals surface area contributed by atoms with Crippen LogP contribution in [0, 0.1) is 0 Å². The minimum absolute atomic E-state index is 0. The van der Waals surface area contributed by atoms with E-state index < -0.39 is 6.04 Å². The topological polar surface area (TPSA) is 58.4 Å². The highest BCUT2D eigenvalue weighted by Crippen LogP contribution is 2.28. The minimum atomic E-state index is -0.419. The van der Waals surface area contributed by atoms with Crippen molar-refractivity contribution in [1.82, 2.24) is 5.32 Å². The summed E-state index contributed by atoms with van der Waals surface area (Å²) in [6.07, 6.45) is 3.85. The quantitative estimate of drug-likeness (QED) is 0.706. The maximum atomic E-state index is 12.0. The summed E-state index contributed by atoms with van der Waals surface area (Å²) in [4.78, 5) is 14.4. The van der Waals surface area contributed by atoms with Gasteiger partial charge in [-0.25, -0.2) is 0 Å². The second-order valence-electron chi connectivity index (χ2n) is 6.72. The SMILES string of the molecule is CSCCC(N)C(=O)NCc1ccc(CN2CCc3ccccc32)cc1.Cl. The number of benzene rings is 2. The normalized spacial score (nSPS) is 13.6. The number of anilines is 1. The molecular formula is C21H28ClN3OS. The molecule has 0 saturated carbocycles. The van der Waals surface area contributed by atoms with Gasteiger partial charge in [0.15, 0.2) is 0 Å². The van der Waals surface area contributed by atoms with Crippen molar-refractivity contribution in [3.63, 3.8) is 0 Å². The maximum absolute atomic E-state index is 12.0. The molecule has 0 aliphatic carbocycles. The fourth-order valence-corrected chi connectivity index (χ4v) is 3.74. The molecule has 0 saturated heterocycles. The van der Waals surface area contributed by atoms with Crippen molar-refractivity contribution in [1.29, 1.82) is 0 Å². The van der Waals surface area contributed by atoms with Crippen molar-refractivity contribution in [3.05, 3.63) is 65.2 Å².